The molecule has 2 aromatic heterocycles. The molecular formula is C13H17N3OS. The van der Waals surface area contributed by atoms with Crippen LogP contribution in [0.4, 0.5) is 5.13 Å². The van der Waals surface area contributed by atoms with E-state index in [0.717, 1.165) is 36.0 Å². The molecule has 1 aliphatic carbocycles. The number of anilines is 1. The molecule has 0 fully saturated rings. The second-order valence-electron chi connectivity index (χ2n) is 4.74. The van der Waals surface area contributed by atoms with Crippen molar-refractivity contribution in [3.63, 3.8) is 0 Å². The van der Waals surface area contributed by atoms with E-state index >= 15 is 0 Å². The molecule has 1 aliphatic rings. The van der Waals surface area contributed by atoms with E-state index in [2.05, 4.69) is 4.90 Å². The van der Waals surface area contributed by atoms with Gasteiger partial charge in [0.05, 0.1) is 18.5 Å². The second-order valence-corrected chi connectivity index (χ2v) is 5.80. The summed E-state index contributed by atoms with van der Waals surface area (Å²) in [7, 11) is 2.04. The zero-order valence-corrected chi connectivity index (χ0v) is 11.2. The molecule has 0 bridgehead atoms. The maximum Gasteiger partial charge on any atom is 0.185 e. The number of nitrogens with zero attached hydrogens (tertiary/aromatic N) is 2. The van der Waals surface area contributed by atoms with Crippen molar-refractivity contribution >= 4 is 16.5 Å². The molecule has 3 rings (SSSR count). The number of aromatic nitrogens is 1. The lowest BCUT2D eigenvalue weighted by Crippen LogP contribution is -2.18. The number of nitrogens with two attached hydrogens (primary N) is 1. The lowest BCUT2D eigenvalue weighted by Gasteiger charge is -2.16. The Morgan fingerprint density at radius 1 is 1.61 bits per heavy atom. The third kappa shape index (κ3) is 2.15. The van der Waals surface area contributed by atoms with E-state index in [9.17, 15) is 0 Å². The summed E-state index contributed by atoms with van der Waals surface area (Å²) in [6.45, 7) is 0.745. The van der Waals surface area contributed by atoms with Crippen molar-refractivity contribution in [3.05, 3.63) is 34.7 Å². The molecule has 0 saturated heterocycles. The van der Waals surface area contributed by atoms with Gasteiger partial charge < -0.3 is 15.1 Å². The topological polar surface area (TPSA) is 55.3 Å². The normalized spacial score (nSPS) is 18.7. The van der Waals surface area contributed by atoms with Gasteiger partial charge in [-0.3, -0.25) is 0 Å². The monoisotopic (exact) mass is 263 g/mol. The molecule has 0 radical (unpaired) electrons. The van der Waals surface area contributed by atoms with E-state index in [4.69, 9.17) is 15.1 Å². The molecule has 1 atom stereocenters. The highest BCUT2D eigenvalue weighted by Crippen LogP contribution is 2.35. The Morgan fingerprint density at radius 3 is 3.22 bits per heavy atom. The summed E-state index contributed by atoms with van der Waals surface area (Å²) >= 11 is 1.76. The first-order valence-electron chi connectivity index (χ1n) is 6.23. The minimum atomic E-state index is 0.121. The van der Waals surface area contributed by atoms with Gasteiger partial charge in [-0.05, 0) is 31.4 Å². The fourth-order valence-corrected chi connectivity index (χ4v) is 3.44. The molecule has 0 aliphatic heterocycles. The first-order valence-corrected chi connectivity index (χ1v) is 7.04. The highest BCUT2D eigenvalue weighted by Gasteiger charge is 2.23. The molecule has 0 aromatic carbocycles. The van der Waals surface area contributed by atoms with E-state index in [1.165, 1.54) is 11.3 Å². The quantitative estimate of drug-likeness (QED) is 0.925. The summed E-state index contributed by atoms with van der Waals surface area (Å²) in [5.74, 6) is 0.954. The van der Waals surface area contributed by atoms with Crippen LogP contribution in [-0.4, -0.2) is 12.0 Å². The zero-order valence-electron chi connectivity index (χ0n) is 10.4. The smallest absolute Gasteiger partial charge is 0.185 e. The Bertz CT molecular complexity index is 520. The Balaban J connectivity index is 1.80. The van der Waals surface area contributed by atoms with Gasteiger partial charge >= 0.3 is 0 Å². The van der Waals surface area contributed by atoms with Gasteiger partial charge in [0, 0.05) is 18.0 Å². The first-order chi connectivity index (χ1) is 8.74. The molecule has 0 amide bonds. The van der Waals surface area contributed by atoms with Crippen LogP contribution in [0.15, 0.2) is 22.8 Å². The van der Waals surface area contributed by atoms with Gasteiger partial charge in [0.2, 0.25) is 0 Å². The number of fused-ring (bicyclic) bond motifs is 1. The largest absolute Gasteiger partial charge is 0.467 e. The standard InChI is InChI=1S/C13H17N3OS/c1-16(8-9-4-3-7-17-9)13-15-12-10(14)5-2-6-11(12)18-13/h3-4,7,10H,2,5-6,8,14H2,1H3. The highest BCUT2D eigenvalue weighted by atomic mass is 32.1. The van der Waals surface area contributed by atoms with E-state index < -0.39 is 0 Å². The maximum atomic E-state index is 6.10. The zero-order chi connectivity index (χ0) is 12.5. The maximum absolute atomic E-state index is 6.10. The third-order valence-corrected chi connectivity index (χ3v) is 4.53. The van der Waals surface area contributed by atoms with Gasteiger partial charge in [0.1, 0.15) is 5.76 Å². The molecule has 1 unspecified atom stereocenters. The summed E-state index contributed by atoms with van der Waals surface area (Å²) in [5, 5.41) is 1.04. The Morgan fingerprint density at radius 2 is 2.50 bits per heavy atom. The third-order valence-electron chi connectivity index (χ3n) is 3.29. The predicted molar refractivity (Wildman–Crippen MR) is 72.8 cm³/mol. The summed E-state index contributed by atoms with van der Waals surface area (Å²) in [4.78, 5) is 8.17. The molecule has 2 heterocycles. The number of hydrogen-bond acceptors (Lipinski definition) is 5. The van der Waals surface area contributed by atoms with Crippen LogP contribution >= 0.6 is 11.3 Å². The van der Waals surface area contributed by atoms with E-state index in [1.54, 1.807) is 17.6 Å². The van der Waals surface area contributed by atoms with E-state index in [-0.39, 0.29) is 6.04 Å². The van der Waals surface area contributed by atoms with Crippen LogP contribution in [0, 0.1) is 0 Å². The van der Waals surface area contributed by atoms with Crippen molar-refractivity contribution in [2.24, 2.45) is 5.73 Å². The molecule has 2 aromatic rings. The fraction of sp³-hybridized carbons (Fsp3) is 0.462. The molecule has 18 heavy (non-hydrogen) atoms. The summed E-state index contributed by atoms with van der Waals surface area (Å²) in [5.41, 5.74) is 7.21. The molecular weight excluding hydrogens is 246 g/mol. The van der Waals surface area contributed by atoms with Crippen molar-refractivity contribution in [2.75, 3.05) is 11.9 Å². The Labute approximate surface area is 110 Å². The van der Waals surface area contributed by atoms with Crippen molar-refractivity contribution in [1.82, 2.24) is 4.98 Å². The van der Waals surface area contributed by atoms with E-state index in [0.29, 0.717) is 0 Å². The summed E-state index contributed by atoms with van der Waals surface area (Å²) in [6, 6.07) is 4.01. The number of aryl methyl sites for hydroxylation is 1. The van der Waals surface area contributed by atoms with Crippen LogP contribution in [0.3, 0.4) is 0 Å². The molecule has 96 valence electrons. The van der Waals surface area contributed by atoms with Crippen molar-refractivity contribution in [2.45, 2.75) is 31.8 Å². The van der Waals surface area contributed by atoms with Crippen LogP contribution in [0.5, 0.6) is 0 Å². The first kappa shape index (κ1) is 11.7. The fourth-order valence-electron chi connectivity index (χ4n) is 2.31. The van der Waals surface area contributed by atoms with Crippen molar-refractivity contribution in [1.29, 1.82) is 0 Å². The van der Waals surface area contributed by atoms with Crippen LogP contribution in [-0.2, 0) is 13.0 Å². The molecule has 0 saturated carbocycles. The van der Waals surface area contributed by atoms with Crippen LogP contribution < -0.4 is 10.6 Å². The summed E-state index contributed by atoms with van der Waals surface area (Å²) < 4.78 is 5.36. The van der Waals surface area contributed by atoms with Gasteiger partial charge in [-0.25, -0.2) is 4.98 Å². The number of furan rings is 1. The average molecular weight is 263 g/mol. The van der Waals surface area contributed by atoms with Crippen molar-refractivity contribution < 1.29 is 4.42 Å². The predicted octanol–water partition coefficient (Wildman–Crippen LogP) is 2.71. The van der Waals surface area contributed by atoms with Gasteiger partial charge in [-0.2, -0.15) is 0 Å². The lowest BCUT2D eigenvalue weighted by molar-refractivity contribution is 0.507. The number of hydrogen-bond donors (Lipinski definition) is 1. The molecule has 5 heteroatoms. The van der Waals surface area contributed by atoms with Crippen LogP contribution in [0.2, 0.25) is 0 Å². The molecule has 0 spiro atoms. The molecule has 2 N–H and O–H groups in total. The highest BCUT2D eigenvalue weighted by molar-refractivity contribution is 7.15. The Hall–Kier alpha value is -1.33. The van der Waals surface area contributed by atoms with Gasteiger partial charge in [-0.15, -0.1) is 11.3 Å². The SMILES string of the molecule is CN(Cc1ccco1)c1nc2c(s1)CCCC2N. The number of rotatable bonds is 3. The second kappa shape index (κ2) is 4.74. The number of thiazole rings is 1. The average Bonchev–Trinajstić information content (AvgIpc) is 2.97. The lowest BCUT2D eigenvalue weighted by atomic mass is 9.99. The summed E-state index contributed by atoms with van der Waals surface area (Å²) in [6.07, 6.45) is 5.05. The van der Waals surface area contributed by atoms with Gasteiger partial charge in [-0.1, -0.05) is 0 Å². The van der Waals surface area contributed by atoms with Crippen LogP contribution in [0.1, 0.15) is 35.2 Å². The van der Waals surface area contributed by atoms with E-state index in [1.807, 2.05) is 19.2 Å². The molecule has 4 nitrogen and oxygen atoms in total. The van der Waals surface area contributed by atoms with Gasteiger partial charge in [0.25, 0.3) is 0 Å². The van der Waals surface area contributed by atoms with Gasteiger partial charge in [0.15, 0.2) is 5.13 Å². The minimum Gasteiger partial charge on any atom is -0.467 e. The Kier molecular flexibility index (Phi) is 3.09. The van der Waals surface area contributed by atoms with Crippen LogP contribution in [0.25, 0.3) is 0 Å². The minimum absolute atomic E-state index is 0.121. The van der Waals surface area contributed by atoms with Crippen molar-refractivity contribution in [3.8, 4) is 0 Å².